The Morgan fingerprint density at radius 3 is 2.16 bits per heavy atom. The highest BCUT2D eigenvalue weighted by Gasteiger charge is 2.61. The smallest absolute Gasteiger partial charge is 0.408 e. The van der Waals surface area contributed by atoms with Crippen LogP contribution in [-0.2, 0) is 19.1 Å². The van der Waals surface area contributed by atoms with Crippen molar-refractivity contribution in [3.05, 3.63) is 0 Å². The van der Waals surface area contributed by atoms with Crippen LogP contribution in [0.1, 0.15) is 113 Å². The molecule has 4 saturated carbocycles. The number of hydrogen-bond donors (Lipinski definition) is 1. The van der Waals surface area contributed by atoms with Crippen molar-refractivity contribution in [2.24, 2.45) is 46.3 Å². The summed E-state index contributed by atoms with van der Waals surface area (Å²) in [6.45, 7) is 16.0. The number of esters is 1. The quantitative estimate of drug-likeness (QED) is 0.411. The van der Waals surface area contributed by atoms with Gasteiger partial charge in [-0.05, 0) is 126 Å². The van der Waals surface area contributed by atoms with Gasteiger partial charge in [-0.3, -0.25) is 4.79 Å². The second kappa shape index (κ2) is 10.2. The fourth-order valence-electron chi connectivity index (χ4n) is 9.16. The van der Waals surface area contributed by atoms with Gasteiger partial charge in [-0.25, -0.2) is 9.59 Å². The van der Waals surface area contributed by atoms with Gasteiger partial charge in [-0.15, -0.1) is 0 Å². The van der Waals surface area contributed by atoms with Crippen molar-refractivity contribution < 1.29 is 23.9 Å². The lowest BCUT2D eigenvalue weighted by atomic mass is 9.44. The normalized spacial score (nSPS) is 40.1. The number of carbonyl (C=O) groups is 3. The van der Waals surface area contributed by atoms with Crippen LogP contribution < -0.4 is 5.32 Å². The molecule has 1 amide bonds. The molecule has 4 rings (SSSR count). The van der Waals surface area contributed by atoms with E-state index < -0.39 is 17.7 Å². The minimum atomic E-state index is -0.716. The first kappa shape index (κ1) is 28.4. The number of nitrogens with one attached hydrogen (secondary N) is 1. The maximum atomic E-state index is 13.1. The molecule has 4 fully saturated rings. The molecule has 0 heterocycles. The van der Waals surface area contributed by atoms with Gasteiger partial charge < -0.3 is 14.8 Å². The Balaban J connectivity index is 1.39. The fraction of sp³-hybridized carbons (Fsp3) is 0.903. The maximum Gasteiger partial charge on any atom is 0.408 e. The Morgan fingerprint density at radius 2 is 1.54 bits per heavy atom. The molecule has 0 saturated heterocycles. The highest BCUT2D eigenvalue weighted by molar-refractivity contribution is 5.82. The molecule has 0 bridgehead atoms. The number of ketones is 1. The summed E-state index contributed by atoms with van der Waals surface area (Å²) in [6, 6.07) is -0.716. The lowest BCUT2D eigenvalue weighted by molar-refractivity contribution is -0.166. The van der Waals surface area contributed by atoms with Gasteiger partial charge in [0.2, 0.25) is 0 Å². The monoisotopic (exact) mass is 517 g/mol. The highest BCUT2D eigenvalue weighted by Crippen LogP contribution is 2.67. The predicted octanol–water partition coefficient (Wildman–Crippen LogP) is 6.70. The SMILES string of the molecule is CC(=O)[C@H]1CC[C@H]2[C@@H]3CC[C@H]4C[C@H](OC(=O)[C@@H](NC(=O)OC(C)(C)C)C(C)C)CC[C@]4(C)[C@H]3CC[C@]12C. The molecule has 0 aromatic carbocycles. The topological polar surface area (TPSA) is 81.7 Å². The number of hydrogen-bond acceptors (Lipinski definition) is 5. The highest BCUT2D eigenvalue weighted by atomic mass is 16.6. The van der Waals surface area contributed by atoms with E-state index in [4.69, 9.17) is 9.47 Å². The number of fused-ring (bicyclic) bond motifs is 5. The molecule has 1 N–H and O–H groups in total. The average Bonchev–Trinajstić information content (AvgIpc) is 3.13. The van der Waals surface area contributed by atoms with Gasteiger partial charge in [-0.2, -0.15) is 0 Å². The van der Waals surface area contributed by atoms with Gasteiger partial charge in [0.15, 0.2) is 0 Å². The molecular weight excluding hydrogens is 466 g/mol. The number of carbonyl (C=O) groups excluding carboxylic acids is 3. The van der Waals surface area contributed by atoms with E-state index in [0.717, 1.165) is 31.6 Å². The predicted molar refractivity (Wildman–Crippen MR) is 144 cm³/mol. The van der Waals surface area contributed by atoms with E-state index in [1.807, 2.05) is 34.6 Å². The zero-order valence-corrected chi connectivity index (χ0v) is 24.5. The molecule has 0 aromatic rings. The molecule has 9 atom stereocenters. The van der Waals surface area contributed by atoms with Gasteiger partial charge in [0, 0.05) is 5.92 Å². The Morgan fingerprint density at radius 1 is 0.892 bits per heavy atom. The Hall–Kier alpha value is -1.59. The number of Topliss-reactive ketones (excluding diaryl/α,β-unsaturated/α-hetero) is 1. The molecule has 4 aliphatic rings. The minimum absolute atomic E-state index is 0.0914. The van der Waals surface area contributed by atoms with Crippen molar-refractivity contribution >= 4 is 17.8 Å². The van der Waals surface area contributed by atoms with Crippen LogP contribution in [-0.4, -0.2) is 35.6 Å². The van der Waals surface area contributed by atoms with Crippen LogP contribution in [0.15, 0.2) is 0 Å². The molecule has 4 aliphatic carbocycles. The molecule has 0 aliphatic heterocycles. The van der Waals surface area contributed by atoms with Crippen molar-refractivity contribution in [3.8, 4) is 0 Å². The van der Waals surface area contributed by atoms with E-state index in [0.29, 0.717) is 23.5 Å². The second-order valence-electron chi connectivity index (χ2n) is 14.6. The van der Waals surface area contributed by atoms with Crippen LogP contribution in [0, 0.1) is 46.3 Å². The third-order valence-corrected chi connectivity index (χ3v) is 11.0. The molecule has 0 spiro atoms. The lowest BCUT2D eigenvalue weighted by Gasteiger charge is -2.61. The van der Waals surface area contributed by atoms with Gasteiger partial charge in [0.05, 0.1) is 0 Å². The first-order chi connectivity index (χ1) is 17.2. The summed E-state index contributed by atoms with van der Waals surface area (Å²) in [4.78, 5) is 37.9. The maximum absolute atomic E-state index is 13.1. The van der Waals surface area contributed by atoms with Crippen LogP contribution in [0.5, 0.6) is 0 Å². The summed E-state index contributed by atoms with van der Waals surface area (Å²) in [5, 5.41) is 2.74. The van der Waals surface area contributed by atoms with E-state index in [1.165, 1.54) is 32.1 Å². The zero-order valence-electron chi connectivity index (χ0n) is 24.5. The number of rotatable bonds is 5. The standard InChI is InChI=1S/C31H51NO5/c1-18(2)26(32-28(35)37-29(4,5)6)27(34)36-21-13-15-30(7)20(17-21)9-10-22-24-12-11-23(19(3)33)31(24,8)16-14-25(22)30/h18,20-26H,9-17H2,1-8H3,(H,32,35)/t20-,21+,22-,23+,24-,25-,26-,30-,31+/m0/s1. The van der Waals surface area contributed by atoms with Crippen molar-refractivity contribution in [2.75, 3.05) is 0 Å². The van der Waals surface area contributed by atoms with Crippen LogP contribution in [0.3, 0.4) is 0 Å². The fourth-order valence-corrected chi connectivity index (χ4v) is 9.16. The summed E-state index contributed by atoms with van der Waals surface area (Å²) in [5.74, 6) is 2.89. The minimum Gasteiger partial charge on any atom is -0.461 e. The first-order valence-electron chi connectivity index (χ1n) is 14.9. The third kappa shape index (κ3) is 5.45. The van der Waals surface area contributed by atoms with Crippen molar-refractivity contribution in [1.29, 1.82) is 0 Å². The van der Waals surface area contributed by atoms with E-state index in [-0.39, 0.29) is 34.7 Å². The van der Waals surface area contributed by atoms with Crippen LogP contribution in [0.4, 0.5) is 4.79 Å². The Labute approximate surface area is 224 Å². The van der Waals surface area contributed by atoms with E-state index in [1.54, 1.807) is 6.92 Å². The summed E-state index contributed by atoms with van der Waals surface area (Å²) < 4.78 is 11.4. The second-order valence-corrected chi connectivity index (χ2v) is 14.6. The molecule has 37 heavy (non-hydrogen) atoms. The van der Waals surface area contributed by atoms with Crippen molar-refractivity contribution in [3.63, 3.8) is 0 Å². The Bertz CT molecular complexity index is 893. The molecule has 210 valence electrons. The van der Waals surface area contributed by atoms with Gasteiger partial charge in [0.1, 0.15) is 23.5 Å². The summed E-state index contributed by atoms with van der Waals surface area (Å²) in [6.07, 6.45) is 9.34. The van der Waals surface area contributed by atoms with Crippen LogP contribution >= 0.6 is 0 Å². The van der Waals surface area contributed by atoms with Gasteiger partial charge in [-0.1, -0.05) is 27.7 Å². The van der Waals surface area contributed by atoms with Gasteiger partial charge in [0.25, 0.3) is 0 Å². The third-order valence-electron chi connectivity index (χ3n) is 11.0. The zero-order chi connectivity index (χ0) is 27.3. The van der Waals surface area contributed by atoms with E-state index >= 15 is 0 Å². The van der Waals surface area contributed by atoms with Crippen molar-refractivity contribution in [1.82, 2.24) is 5.32 Å². The average molecular weight is 518 g/mol. The van der Waals surface area contributed by atoms with E-state index in [9.17, 15) is 14.4 Å². The largest absolute Gasteiger partial charge is 0.461 e. The van der Waals surface area contributed by atoms with Gasteiger partial charge >= 0.3 is 12.1 Å². The van der Waals surface area contributed by atoms with Crippen molar-refractivity contribution in [2.45, 2.75) is 131 Å². The number of alkyl carbamates (subject to hydrolysis) is 1. The lowest BCUT2D eigenvalue weighted by Crippen LogP contribution is -2.55. The van der Waals surface area contributed by atoms with E-state index in [2.05, 4.69) is 19.2 Å². The molecule has 6 heteroatoms. The molecule has 0 aromatic heterocycles. The number of amides is 1. The summed E-state index contributed by atoms with van der Waals surface area (Å²) in [5.41, 5.74) is -0.145. The molecule has 6 nitrogen and oxygen atoms in total. The molecule has 0 radical (unpaired) electrons. The molecular formula is C31H51NO5. The summed E-state index contributed by atoms with van der Waals surface area (Å²) in [7, 11) is 0. The van der Waals surface area contributed by atoms with Crippen LogP contribution in [0.25, 0.3) is 0 Å². The van der Waals surface area contributed by atoms with Crippen LogP contribution in [0.2, 0.25) is 0 Å². The summed E-state index contributed by atoms with van der Waals surface area (Å²) >= 11 is 0. The Kier molecular flexibility index (Phi) is 7.82. The first-order valence-corrected chi connectivity index (χ1v) is 14.9. The molecule has 0 unspecified atom stereocenters. The number of ether oxygens (including phenoxy) is 2.